The lowest BCUT2D eigenvalue weighted by Crippen LogP contribution is -2.48. The summed E-state index contributed by atoms with van der Waals surface area (Å²) in [5.41, 5.74) is 2.66. The molecule has 1 aliphatic heterocycles. The van der Waals surface area contributed by atoms with Crippen molar-refractivity contribution in [2.45, 2.75) is 37.0 Å². The van der Waals surface area contributed by atoms with Crippen molar-refractivity contribution < 1.29 is 13.9 Å². The molecule has 1 fully saturated rings. The Morgan fingerprint density at radius 2 is 2.23 bits per heavy atom. The van der Waals surface area contributed by atoms with Gasteiger partial charge in [0.05, 0.1) is 12.7 Å². The number of hydrogen-bond donors (Lipinski definition) is 1. The molecule has 0 radical (unpaired) electrons. The third kappa shape index (κ3) is 5.68. The SMILES string of the molecule is Cc1csc(SCc2c(C(=O)NCC3CN(CC(C)C)CCO3)oc3ccccc23)n1. The summed E-state index contributed by atoms with van der Waals surface area (Å²) in [7, 11) is 0. The third-order valence-electron chi connectivity index (χ3n) is 5.18. The number of carbonyl (C=O) groups is 1. The molecule has 3 heterocycles. The quantitative estimate of drug-likeness (QED) is 0.498. The van der Waals surface area contributed by atoms with E-state index in [9.17, 15) is 4.79 Å². The zero-order valence-electron chi connectivity index (χ0n) is 18.2. The van der Waals surface area contributed by atoms with Gasteiger partial charge < -0.3 is 14.5 Å². The number of morpholine rings is 1. The first-order valence-electron chi connectivity index (χ1n) is 10.7. The number of ether oxygens (including phenoxy) is 1. The van der Waals surface area contributed by atoms with Crippen LogP contribution >= 0.6 is 23.1 Å². The lowest BCUT2D eigenvalue weighted by molar-refractivity contribution is -0.0296. The maximum atomic E-state index is 13.1. The number of aryl methyl sites for hydroxylation is 1. The van der Waals surface area contributed by atoms with Gasteiger partial charge in [-0.25, -0.2) is 4.98 Å². The fraction of sp³-hybridized carbons (Fsp3) is 0.478. The van der Waals surface area contributed by atoms with Gasteiger partial charge in [-0.05, 0) is 18.9 Å². The number of benzene rings is 1. The van der Waals surface area contributed by atoms with E-state index in [-0.39, 0.29) is 12.0 Å². The van der Waals surface area contributed by atoms with Crippen LogP contribution in [0, 0.1) is 12.8 Å². The van der Waals surface area contributed by atoms with E-state index in [1.54, 1.807) is 23.1 Å². The second-order valence-electron chi connectivity index (χ2n) is 8.31. The monoisotopic (exact) mass is 459 g/mol. The maximum Gasteiger partial charge on any atom is 0.287 e. The molecule has 166 valence electrons. The number of furan rings is 1. The third-order valence-corrected chi connectivity index (χ3v) is 7.34. The van der Waals surface area contributed by atoms with Crippen molar-refractivity contribution in [3.05, 3.63) is 46.7 Å². The Kier molecular flexibility index (Phi) is 7.32. The van der Waals surface area contributed by atoms with Crippen LogP contribution in [0.25, 0.3) is 11.0 Å². The van der Waals surface area contributed by atoms with Crippen LogP contribution in [0.2, 0.25) is 0 Å². The van der Waals surface area contributed by atoms with Crippen LogP contribution in [0.5, 0.6) is 0 Å². The second kappa shape index (κ2) is 10.2. The van der Waals surface area contributed by atoms with E-state index in [4.69, 9.17) is 9.15 Å². The number of thiazole rings is 1. The normalized spacial score (nSPS) is 17.5. The Morgan fingerprint density at radius 1 is 1.39 bits per heavy atom. The molecule has 8 heteroatoms. The zero-order chi connectivity index (χ0) is 21.8. The van der Waals surface area contributed by atoms with Crippen LogP contribution in [0.1, 0.15) is 35.7 Å². The molecule has 2 aromatic heterocycles. The summed E-state index contributed by atoms with van der Waals surface area (Å²) in [6.07, 6.45) is -0.00283. The number of nitrogens with one attached hydrogen (secondary N) is 1. The molecule has 0 aliphatic carbocycles. The van der Waals surface area contributed by atoms with Gasteiger partial charge in [0.1, 0.15) is 9.92 Å². The van der Waals surface area contributed by atoms with Gasteiger partial charge in [0.15, 0.2) is 5.76 Å². The minimum atomic E-state index is -0.188. The van der Waals surface area contributed by atoms with E-state index >= 15 is 0 Å². The van der Waals surface area contributed by atoms with Gasteiger partial charge in [0, 0.05) is 54.0 Å². The minimum absolute atomic E-state index is 0.00283. The topological polar surface area (TPSA) is 67.6 Å². The average Bonchev–Trinajstić information content (AvgIpc) is 3.33. The van der Waals surface area contributed by atoms with Crippen LogP contribution in [-0.2, 0) is 10.5 Å². The molecule has 1 atom stereocenters. The zero-order valence-corrected chi connectivity index (χ0v) is 19.9. The highest BCUT2D eigenvalue weighted by Gasteiger charge is 2.24. The maximum absolute atomic E-state index is 13.1. The van der Waals surface area contributed by atoms with E-state index in [1.165, 1.54) is 0 Å². The Morgan fingerprint density at radius 3 is 3.00 bits per heavy atom. The van der Waals surface area contributed by atoms with Crippen molar-refractivity contribution in [2.24, 2.45) is 5.92 Å². The summed E-state index contributed by atoms with van der Waals surface area (Å²) in [4.78, 5) is 20.0. The van der Waals surface area contributed by atoms with E-state index in [1.807, 2.05) is 36.6 Å². The summed E-state index contributed by atoms with van der Waals surface area (Å²) < 4.78 is 12.8. The molecule has 1 unspecified atom stereocenters. The van der Waals surface area contributed by atoms with Crippen molar-refractivity contribution in [3.8, 4) is 0 Å². The molecule has 1 saturated heterocycles. The minimum Gasteiger partial charge on any atom is -0.451 e. The van der Waals surface area contributed by atoms with E-state index in [2.05, 4.69) is 29.0 Å². The first-order chi connectivity index (χ1) is 15.0. The number of thioether (sulfide) groups is 1. The van der Waals surface area contributed by atoms with Crippen molar-refractivity contribution in [2.75, 3.05) is 32.8 Å². The van der Waals surface area contributed by atoms with Gasteiger partial charge in [0.25, 0.3) is 5.91 Å². The summed E-state index contributed by atoms with van der Waals surface area (Å²) in [6.45, 7) is 10.4. The number of hydrogen-bond acceptors (Lipinski definition) is 7. The smallest absolute Gasteiger partial charge is 0.287 e. The molecule has 4 rings (SSSR count). The molecule has 1 aliphatic rings. The van der Waals surface area contributed by atoms with Crippen LogP contribution in [0.4, 0.5) is 0 Å². The highest BCUT2D eigenvalue weighted by Crippen LogP contribution is 2.33. The molecule has 0 saturated carbocycles. The lowest BCUT2D eigenvalue weighted by Gasteiger charge is -2.33. The highest BCUT2D eigenvalue weighted by molar-refractivity contribution is 8.00. The molecule has 1 aromatic carbocycles. The van der Waals surface area contributed by atoms with Gasteiger partial charge >= 0.3 is 0 Å². The Labute approximate surface area is 191 Å². The van der Waals surface area contributed by atoms with Crippen LogP contribution in [0.3, 0.4) is 0 Å². The Balaban J connectivity index is 1.44. The lowest BCUT2D eigenvalue weighted by atomic mass is 10.1. The van der Waals surface area contributed by atoms with E-state index < -0.39 is 0 Å². The fourth-order valence-corrected chi connectivity index (χ4v) is 5.71. The molecule has 1 N–H and O–H groups in total. The largest absolute Gasteiger partial charge is 0.451 e. The second-order valence-corrected chi connectivity index (χ2v) is 10.4. The summed E-state index contributed by atoms with van der Waals surface area (Å²) in [6, 6.07) is 7.81. The first kappa shape index (κ1) is 22.3. The predicted octanol–water partition coefficient (Wildman–Crippen LogP) is 4.58. The summed E-state index contributed by atoms with van der Waals surface area (Å²) >= 11 is 3.26. The number of aromatic nitrogens is 1. The Bertz CT molecular complexity index is 1030. The van der Waals surface area contributed by atoms with Crippen LogP contribution < -0.4 is 5.32 Å². The average molecular weight is 460 g/mol. The standard InChI is InChI=1S/C23H29N3O3S2/c1-15(2)11-26-8-9-28-17(12-26)10-24-22(27)21-19(14-31-23-25-16(3)13-30-23)18-6-4-5-7-20(18)29-21/h4-7,13,15,17H,8-12,14H2,1-3H3,(H,24,27). The van der Waals surface area contributed by atoms with Gasteiger partial charge in [-0.2, -0.15) is 0 Å². The van der Waals surface area contributed by atoms with Gasteiger partial charge in [-0.1, -0.05) is 43.8 Å². The van der Waals surface area contributed by atoms with E-state index in [0.717, 1.165) is 46.2 Å². The molecule has 0 spiro atoms. The number of amides is 1. The van der Waals surface area contributed by atoms with Crippen LogP contribution in [-0.4, -0.2) is 54.7 Å². The summed E-state index contributed by atoms with van der Waals surface area (Å²) in [5.74, 6) is 1.45. The number of nitrogens with zero attached hydrogens (tertiary/aromatic N) is 2. The number of rotatable bonds is 8. The molecule has 1 amide bonds. The number of fused-ring (bicyclic) bond motifs is 1. The van der Waals surface area contributed by atoms with Gasteiger partial charge in [-0.3, -0.25) is 9.69 Å². The van der Waals surface area contributed by atoms with Crippen LogP contribution in [0.15, 0.2) is 38.4 Å². The fourth-order valence-electron chi connectivity index (χ4n) is 3.83. The molecule has 6 nitrogen and oxygen atoms in total. The van der Waals surface area contributed by atoms with Crippen molar-refractivity contribution in [1.82, 2.24) is 15.2 Å². The van der Waals surface area contributed by atoms with Crippen molar-refractivity contribution in [1.29, 1.82) is 0 Å². The first-order valence-corrected chi connectivity index (χ1v) is 12.5. The highest BCUT2D eigenvalue weighted by atomic mass is 32.2. The van der Waals surface area contributed by atoms with Crippen molar-refractivity contribution in [3.63, 3.8) is 0 Å². The predicted molar refractivity (Wildman–Crippen MR) is 126 cm³/mol. The summed E-state index contributed by atoms with van der Waals surface area (Å²) in [5, 5.41) is 6.05. The van der Waals surface area contributed by atoms with E-state index in [0.29, 0.717) is 30.6 Å². The van der Waals surface area contributed by atoms with Gasteiger partial charge in [0.2, 0.25) is 0 Å². The number of para-hydroxylation sites is 1. The molecule has 3 aromatic rings. The molecule has 31 heavy (non-hydrogen) atoms. The molecular formula is C23H29N3O3S2. The molecular weight excluding hydrogens is 430 g/mol. The number of carbonyl (C=O) groups excluding carboxylic acids is 1. The molecule has 0 bridgehead atoms. The Hall–Kier alpha value is -1.87. The van der Waals surface area contributed by atoms with Crippen molar-refractivity contribution >= 4 is 40.0 Å². The van der Waals surface area contributed by atoms with Gasteiger partial charge in [-0.15, -0.1) is 11.3 Å².